The molecule has 1 saturated heterocycles. The molecule has 0 bridgehead atoms. The Kier molecular flexibility index (Phi) is 5.99. The lowest BCUT2D eigenvalue weighted by atomic mass is 10.2. The van der Waals surface area contributed by atoms with Gasteiger partial charge < -0.3 is 9.64 Å². The van der Waals surface area contributed by atoms with E-state index >= 15 is 0 Å². The van der Waals surface area contributed by atoms with Crippen molar-refractivity contribution in [1.82, 2.24) is 24.5 Å². The van der Waals surface area contributed by atoms with E-state index in [1.807, 2.05) is 15.3 Å². The maximum absolute atomic E-state index is 14.1. The van der Waals surface area contributed by atoms with Crippen LogP contribution in [0.25, 0.3) is 11.4 Å². The molecule has 0 atom stereocenters. The van der Waals surface area contributed by atoms with Gasteiger partial charge in [-0.15, -0.1) is 10.2 Å². The first-order valence-corrected chi connectivity index (χ1v) is 12.7. The van der Waals surface area contributed by atoms with Crippen molar-refractivity contribution in [2.24, 2.45) is 0 Å². The average Bonchev–Trinajstić information content (AvgIpc) is 3.60. The molecule has 0 amide bonds. The van der Waals surface area contributed by atoms with Gasteiger partial charge in [0.2, 0.25) is 5.95 Å². The number of halogens is 2. The summed E-state index contributed by atoms with van der Waals surface area (Å²) in [5.74, 6) is 0.716. The van der Waals surface area contributed by atoms with Gasteiger partial charge in [-0.05, 0) is 67.3 Å². The van der Waals surface area contributed by atoms with Crippen LogP contribution in [0.3, 0.4) is 0 Å². The van der Waals surface area contributed by atoms with Crippen LogP contribution in [0, 0.1) is 11.6 Å². The molecule has 2 aliphatic rings. The van der Waals surface area contributed by atoms with Crippen molar-refractivity contribution < 1.29 is 13.5 Å². The second kappa shape index (κ2) is 9.43. The highest BCUT2D eigenvalue weighted by atomic mass is 32.2. The molecule has 0 spiro atoms. The summed E-state index contributed by atoms with van der Waals surface area (Å²) < 4.78 is 36.9. The van der Waals surface area contributed by atoms with Gasteiger partial charge >= 0.3 is 0 Å². The molecule has 3 heterocycles. The van der Waals surface area contributed by atoms with Crippen molar-refractivity contribution >= 4 is 17.7 Å². The minimum absolute atomic E-state index is 0.263. The molecule has 10 heteroatoms. The molecular formula is C25H24F2N6OS. The summed E-state index contributed by atoms with van der Waals surface area (Å²) in [4.78, 5) is 2.12. The Morgan fingerprint density at radius 1 is 0.914 bits per heavy atom. The zero-order chi connectivity index (χ0) is 23.8. The Morgan fingerprint density at radius 3 is 2.54 bits per heavy atom. The summed E-state index contributed by atoms with van der Waals surface area (Å²) in [6.07, 6.45) is 3.00. The standard InChI is InChI=1S/C25H24F2N6OS/c26-17-7-9-19(10-8-17)33-23-6-2-5-21(23)22(30-33)16-35-25-29-28-24(31-11-13-34-14-12-31)32(25)20-4-1-3-18(27)15-20/h1,3-4,7-10,15H,2,5-6,11-14,16H2. The normalized spacial score (nSPS) is 15.5. The molecule has 1 aliphatic heterocycles. The zero-order valence-electron chi connectivity index (χ0n) is 19.0. The predicted molar refractivity (Wildman–Crippen MR) is 129 cm³/mol. The summed E-state index contributed by atoms with van der Waals surface area (Å²) in [5.41, 5.74) is 4.98. The number of fused-ring (bicyclic) bond motifs is 1. The van der Waals surface area contributed by atoms with Crippen LogP contribution in [0.1, 0.15) is 23.4 Å². The lowest BCUT2D eigenvalue weighted by Crippen LogP contribution is -2.37. The van der Waals surface area contributed by atoms with E-state index in [9.17, 15) is 8.78 Å². The second-order valence-corrected chi connectivity index (χ2v) is 9.54. The quantitative estimate of drug-likeness (QED) is 0.372. The van der Waals surface area contributed by atoms with Crippen molar-refractivity contribution in [3.63, 3.8) is 0 Å². The summed E-state index contributed by atoms with van der Waals surface area (Å²) in [7, 11) is 0. The lowest BCUT2D eigenvalue weighted by Gasteiger charge is -2.27. The Morgan fingerprint density at radius 2 is 1.74 bits per heavy atom. The van der Waals surface area contributed by atoms with Gasteiger partial charge in [0.1, 0.15) is 11.6 Å². The molecule has 35 heavy (non-hydrogen) atoms. The minimum Gasteiger partial charge on any atom is -0.378 e. The number of morpholine rings is 1. The van der Waals surface area contributed by atoms with E-state index in [-0.39, 0.29) is 11.6 Å². The zero-order valence-corrected chi connectivity index (χ0v) is 19.8. The van der Waals surface area contributed by atoms with Crippen LogP contribution < -0.4 is 4.90 Å². The fraction of sp³-hybridized carbons (Fsp3) is 0.320. The lowest BCUT2D eigenvalue weighted by molar-refractivity contribution is 0.122. The van der Waals surface area contributed by atoms with Crippen LogP contribution in [0.4, 0.5) is 14.7 Å². The predicted octanol–water partition coefficient (Wildman–Crippen LogP) is 4.35. The SMILES string of the molecule is Fc1ccc(-n2nc(CSc3nnc(N4CCOCC4)n3-c3cccc(F)c3)c3c2CCC3)cc1. The number of hydrogen-bond acceptors (Lipinski definition) is 6. The third-order valence-electron chi connectivity index (χ3n) is 6.40. The Hall–Kier alpha value is -3.24. The number of ether oxygens (including phenoxy) is 1. The van der Waals surface area contributed by atoms with E-state index in [2.05, 4.69) is 15.1 Å². The molecule has 2 aromatic heterocycles. The Balaban J connectivity index is 1.33. The molecule has 4 aromatic rings. The van der Waals surface area contributed by atoms with Gasteiger partial charge in [-0.3, -0.25) is 4.57 Å². The number of thioether (sulfide) groups is 1. The van der Waals surface area contributed by atoms with E-state index in [0.29, 0.717) is 48.8 Å². The van der Waals surface area contributed by atoms with E-state index in [1.54, 1.807) is 18.2 Å². The summed E-state index contributed by atoms with van der Waals surface area (Å²) >= 11 is 1.54. The maximum Gasteiger partial charge on any atom is 0.232 e. The summed E-state index contributed by atoms with van der Waals surface area (Å²) in [6, 6.07) is 12.9. The largest absolute Gasteiger partial charge is 0.378 e. The first-order valence-electron chi connectivity index (χ1n) is 11.7. The third kappa shape index (κ3) is 4.32. The molecule has 7 nitrogen and oxygen atoms in total. The number of nitrogens with zero attached hydrogens (tertiary/aromatic N) is 6. The van der Waals surface area contributed by atoms with Gasteiger partial charge in [0.05, 0.1) is 30.3 Å². The van der Waals surface area contributed by atoms with Gasteiger partial charge in [-0.25, -0.2) is 13.5 Å². The van der Waals surface area contributed by atoms with Crippen LogP contribution in [-0.4, -0.2) is 50.8 Å². The molecule has 1 aliphatic carbocycles. The molecule has 6 rings (SSSR count). The van der Waals surface area contributed by atoms with E-state index in [0.717, 1.165) is 30.6 Å². The van der Waals surface area contributed by atoms with Crippen molar-refractivity contribution in [1.29, 1.82) is 0 Å². The van der Waals surface area contributed by atoms with E-state index < -0.39 is 0 Å². The molecule has 0 saturated carbocycles. The third-order valence-corrected chi connectivity index (χ3v) is 7.34. The Labute approximate surface area is 205 Å². The van der Waals surface area contributed by atoms with Crippen LogP contribution >= 0.6 is 11.8 Å². The average molecular weight is 495 g/mol. The van der Waals surface area contributed by atoms with Gasteiger partial charge in [-0.2, -0.15) is 5.10 Å². The fourth-order valence-electron chi connectivity index (χ4n) is 4.72. The fourth-order valence-corrected chi connectivity index (χ4v) is 5.64. The number of anilines is 1. The summed E-state index contributed by atoms with van der Waals surface area (Å²) in [5, 5.41) is 14.5. The number of benzene rings is 2. The highest BCUT2D eigenvalue weighted by molar-refractivity contribution is 7.98. The van der Waals surface area contributed by atoms with Crippen LogP contribution in [0.5, 0.6) is 0 Å². The molecule has 1 fully saturated rings. The van der Waals surface area contributed by atoms with Crippen molar-refractivity contribution in [2.75, 3.05) is 31.2 Å². The second-order valence-electron chi connectivity index (χ2n) is 8.60. The first kappa shape index (κ1) is 22.2. The van der Waals surface area contributed by atoms with Gasteiger partial charge in [-0.1, -0.05) is 17.8 Å². The molecule has 0 N–H and O–H groups in total. The summed E-state index contributed by atoms with van der Waals surface area (Å²) in [6.45, 7) is 2.64. The topological polar surface area (TPSA) is 61.0 Å². The highest BCUT2D eigenvalue weighted by Crippen LogP contribution is 2.33. The number of hydrogen-bond donors (Lipinski definition) is 0. The monoisotopic (exact) mass is 494 g/mol. The van der Waals surface area contributed by atoms with Gasteiger partial charge in [0.25, 0.3) is 0 Å². The van der Waals surface area contributed by atoms with Gasteiger partial charge in [0.15, 0.2) is 5.16 Å². The molecule has 0 unspecified atom stereocenters. The maximum atomic E-state index is 14.1. The van der Waals surface area contributed by atoms with Gasteiger partial charge in [0, 0.05) is 24.5 Å². The number of rotatable bonds is 6. The number of aromatic nitrogens is 5. The molecule has 2 aromatic carbocycles. The van der Waals surface area contributed by atoms with Crippen LogP contribution in [0.15, 0.2) is 53.7 Å². The molecule has 0 radical (unpaired) electrons. The highest BCUT2D eigenvalue weighted by Gasteiger charge is 2.26. The Bertz CT molecular complexity index is 1350. The smallest absolute Gasteiger partial charge is 0.232 e. The minimum atomic E-state index is -0.309. The van der Waals surface area contributed by atoms with Crippen LogP contribution in [-0.2, 0) is 23.3 Å². The van der Waals surface area contributed by atoms with Crippen LogP contribution in [0.2, 0.25) is 0 Å². The van der Waals surface area contributed by atoms with E-state index in [1.165, 1.54) is 47.3 Å². The first-order chi connectivity index (χ1) is 17.2. The van der Waals surface area contributed by atoms with Crippen molar-refractivity contribution in [3.8, 4) is 11.4 Å². The molecular weight excluding hydrogens is 470 g/mol. The van der Waals surface area contributed by atoms with Crippen molar-refractivity contribution in [3.05, 3.63) is 77.1 Å². The van der Waals surface area contributed by atoms with Crippen molar-refractivity contribution in [2.45, 2.75) is 30.2 Å². The molecule has 180 valence electrons. The van der Waals surface area contributed by atoms with E-state index in [4.69, 9.17) is 9.84 Å².